The summed E-state index contributed by atoms with van der Waals surface area (Å²) in [7, 11) is 2.15. The molecule has 178 valence electrons. The van der Waals surface area contributed by atoms with E-state index in [4.69, 9.17) is 11.5 Å². The Bertz CT molecular complexity index is 1160. The van der Waals surface area contributed by atoms with Crippen LogP contribution in [-0.4, -0.2) is 62.0 Å². The van der Waals surface area contributed by atoms with Crippen molar-refractivity contribution in [3.63, 3.8) is 0 Å². The monoisotopic (exact) mass is 477 g/mol. The van der Waals surface area contributed by atoms with E-state index >= 15 is 0 Å². The van der Waals surface area contributed by atoms with Crippen molar-refractivity contribution in [3.05, 3.63) is 58.5 Å². The molecule has 2 aromatic carbocycles. The van der Waals surface area contributed by atoms with Crippen LogP contribution in [0.5, 0.6) is 0 Å². The molecule has 2 aliphatic heterocycles. The van der Waals surface area contributed by atoms with Crippen LogP contribution in [0.1, 0.15) is 33.1 Å². The van der Waals surface area contributed by atoms with E-state index in [1.807, 2.05) is 24.3 Å². The van der Waals surface area contributed by atoms with Crippen molar-refractivity contribution in [2.45, 2.75) is 12.3 Å². The number of hydrogen-bond donors (Lipinski definition) is 4. The van der Waals surface area contributed by atoms with Gasteiger partial charge in [0.05, 0.1) is 0 Å². The molecule has 5 rings (SSSR count). The average molecular weight is 478 g/mol. The summed E-state index contributed by atoms with van der Waals surface area (Å²) in [6, 6.07) is 13.9. The highest BCUT2D eigenvalue weighted by Gasteiger charge is 2.22. The van der Waals surface area contributed by atoms with Gasteiger partial charge in [-0.05, 0) is 61.8 Å². The minimum atomic E-state index is -0.156. The van der Waals surface area contributed by atoms with Crippen LogP contribution in [0.2, 0.25) is 0 Å². The number of aromatic nitrogens is 1. The van der Waals surface area contributed by atoms with Crippen LogP contribution in [0.3, 0.4) is 0 Å². The first kappa shape index (κ1) is 22.6. The van der Waals surface area contributed by atoms with Crippen molar-refractivity contribution in [1.29, 1.82) is 0 Å². The molecule has 0 spiro atoms. The molecule has 1 unspecified atom stereocenters. The van der Waals surface area contributed by atoms with Gasteiger partial charge < -0.3 is 31.9 Å². The minimum Gasteiger partial charge on any atom is -0.398 e. The molecule has 3 heterocycles. The number of nitrogens with zero attached hydrogens (tertiary/aromatic N) is 3. The SMILES string of the molecule is CN1CCN(c2ccc(Nc3nc(N)c(C(=O)c4ccc(C5CCNC5)c(N)c4)s3)cc2)CC1. The molecule has 8 nitrogen and oxygen atoms in total. The Kier molecular flexibility index (Phi) is 6.40. The van der Waals surface area contributed by atoms with Crippen LogP contribution < -0.4 is 27.0 Å². The van der Waals surface area contributed by atoms with Gasteiger partial charge in [-0.15, -0.1) is 0 Å². The number of nitrogens with one attached hydrogen (secondary N) is 2. The number of hydrogen-bond acceptors (Lipinski definition) is 9. The summed E-state index contributed by atoms with van der Waals surface area (Å²) < 4.78 is 0. The van der Waals surface area contributed by atoms with E-state index in [0.717, 1.165) is 56.9 Å². The second-order valence-corrected chi connectivity index (χ2v) is 10.1. The summed E-state index contributed by atoms with van der Waals surface area (Å²) in [6.07, 6.45) is 1.06. The maximum atomic E-state index is 13.1. The maximum Gasteiger partial charge on any atom is 0.206 e. The standard InChI is InChI=1S/C25H31N7OS/c1-31-10-12-32(13-11-31)19-5-3-18(4-6-19)29-25-30-24(27)23(34-25)22(33)16-2-7-20(21(26)14-16)17-8-9-28-15-17/h2-7,14,17,28H,8-13,15,26-27H2,1H3,(H,29,30). The number of piperazine rings is 1. The lowest BCUT2D eigenvalue weighted by molar-refractivity contribution is 0.104. The Morgan fingerprint density at radius 2 is 1.88 bits per heavy atom. The molecule has 0 bridgehead atoms. The Balaban J connectivity index is 1.27. The maximum absolute atomic E-state index is 13.1. The van der Waals surface area contributed by atoms with Crippen molar-refractivity contribution >= 4 is 45.1 Å². The second-order valence-electron chi connectivity index (χ2n) is 9.06. The number of carbonyl (C=O) groups excluding carboxylic acids is 1. The normalized spacial score (nSPS) is 18.9. The topological polar surface area (TPSA) is 113 Å². The number of nitrogen functional groups attached to an aromatic ring is 2. The van der Waals surface area contributed by atoms with Gasteiger partial charge in [0, 0.05) is 55.3 Å². The third-order valence-corrected chi connectivity index (χ3v) is 7.68. The number of likely N-dealkylation sites (N-methyl/N-ethyl adjacent to an activating group) is 1. The second kappa shape index (κ2) is 9.61. The Morgan fingerprint density at radius 3 is 2.56 bits per heavy atom. The first-order valence-electron chi connectivity index (χ1n) is 11.7. The molecule has 0 radical (unpaired) electrons. The quantitative estimate of drug-likeness (QED) is 0.316. The zero-order valence-corrected chi connectivity index (χ0v) is 20.2. The van der Waals surface area contributed by atoms with Crippen molar-refractivity contribution < 1.29 is 4.79 Å². The van der Waals surface area contributed by atoms with Crippen molar-refractivity contribution in [1.82, 2.24) is 15.2 Å². The summed E-state index contributed by atoms with van der Waals surface area (Å²) >= 11 is 1.26. The number of rotatable bonds is 6. The summed E-state index contributed by atoms with van der Waals surface area (Å²) in [4.78, 5) is 22.7. The zero-order valence-electron chi connectivity index (χ0n) is 19.4. The molecule has 0 aliphatic carbocycles. The summed E-state index contributed by atoms with van der Waals surface area (Å²) in [5.74, 6) is 0.474. The fourth-order valence-corrected chi connectivity index (χ4v) is 5.50. The average Bonchev–Trinajstić information content (AvgIpc) is 3.49. The van der Waals surface area contributed by atoms with E-state index < -0.39 is 0 Å². The first-order valence-corrected chi connectivity index (χ1v) is 12.5. The van der Waals surface area contributed by atoms with Crippen LogP contribution in [-0.2, 0) is 0 Å². The molecule has 1 atom stereocenters. The van der Waals surface area contributed by atoms with E-state index in [9.17, 15) is 4.79 Å². The van der Waals surface area contributed by atoms with E-state index in [0.29, 0.717) is 27.2 Å². The Morgan fingerprint density at radius 1 is 1.12 bits per heavy atom. The molecule has 0 amide bonds. The van der Waals surface area contributed by atoms with Gasteiger partial charge in [0.15, 0.2) is 5.13 Å². The first-order chi connectivity index (χ1) is 16.5. The van der Waals surface area contributed by atoms with Crippen molar-refractivity contribution in [2.24, 2.45) is 0 Å². The van der Waals surface area contributed by atoms with Gasteiger partial charge in [-0.2, -0.15) is 0 Å². The third kappa shape index (κ3) is 4.72. The van der Waals surface area contributed by atoms with Gasteiger partial charge in [-0.3, -0.25) is 4.79 Å². The molecule has 6 N–H and O–H groups in total. The molecule has 1 aromatic heterocycles. The molecule has 2 fully saturated rings. The predicted molar refractivity (Wildman–Crippen MR) is 140 cm³/mol. The number of carbonyl (C=O) groups is 1. The lowest BCUT2D eigenvalue weighted by Crippen LogP contribution is -2.44. The third-order valence-electron chi connectivity index (χ3n) is 6.70. The smallest absolute Gasteiger partial charge is 0.206 e. The molecule has 34 heavy (non-hydrogen) atoms. The minimum absolute atomic E-state index is 0.156. The summed E-state index contributed by atoms with van der Waals surface area (Å²) in [5, 5.41) is 7.23. The largest absolute Gasteiger partial charge is 0.398 e. The van der Waals surface area contributed by atoms with Gasteiger partial charge in [0.2, 0.25) is 5.78 Å². The molecule has 2 saturated heterocycles. The molecule has 9 heteroatoms. The number of nitrogens with two attached hydrogens (primary N) is 2. The molecular formula is C25H31N7OS. The van der Waals surface area contributed by atoms with E-state index in [1.54, 1.807) is 6.07 Å². The van der Waals surface area contributed by atoms with E-state index in [2.05, 4.69) is 44.6 Å². The van der Waals surface area contributed by atoms with Crippen LogP contribution in [0.4, 0.5) is 28.0 Å². The summed E-state index contributed by atoms with van der Waals surface area (Å²) in [6.45, 7) is 6.12. The molecule has 3 aromatic rings. The number of thiazole rings is 1. The Labute approximate surface area is 204 Å². The lowest BCUT2D eigenvalue weighted by Gasteiger charge is -2.34. The Hall–Kier alpha value is -3.14. The number of benzene rings is 2. The van der Waals surface area contributed by atoms with Crippen molar-refractivity contribution in [2.75, 3.05) is 68.0 Å². The lowest BCUT2D eigenvalue weighted by atomic mass is 9.94. The zero-order chi connectivity index (χ0) is 23.7. The molecule has 2 aliphatic rings. The van der Waals surface area contributed by atoms with Crippen molar-refractivity contribution in [3.8, 4) is 0 Å². The number of anilines is 5. The van der Waals surface area contributed by atoms with Gasteiger partial charge in [-0.1, -0.05) is 23.5 Å². The van der Waals surface area contributed by atoms with E-state index in [1.165, 1.54) is 17.0 Å². The highest BCUT2D eigenvalue weighted by atomic mass is 32.1. The van der Waals surface area contributed by atoms with Crippen LogP contribution in [0, 0.1) is 0 Å². The van der Waals surface area contributed by atoms with Gasteiger partial charge >= 0.3 is 0 Å². The number of ketones is 1. The summed E-state index contributed by atoms with van der Waals surface area (Å²) in [5.41, 5.74) is 16.8. The fourth-order valence-electron chi connectivity index (χ4n) is 4.63. The van der Waals surface area contributed by atoms with Crippen LogP contribution in [0.25, 0.3) is 0 Å². The molecular weight excluding hydrogens is 446 g/mol. The van der Waals surface area contributed by atoms with Crippen LogP contribution in [0.15, 0.2) is 42.5 Å². The van der Waals surface area contributed by atoms with Gasteiger partial charge in [0.25, 0.3) is 0 Å². The molecule has 0 saturated carbocycles. The fraction of sp³-hybridized carbons (Fsp3) is 0.360. The van der Waals surface area contributed by atoms with Gasteiger partial charge in [-0.25, -0.2) is 4.98 Å². The van der Waals surface area contributed by atoms with Crippen LogP contribution >= 0.6 is 11.3 Å². The van der Waals surface area contributed by atoms with Gasteiger partial charge in [0.1, 0.15) is 10.7 Å². The van der Waals surface area contributed by atoms with E-state index in [-0.39, 0.29) is 11.6 Å². The highest BCUT2D eigenvalue weighted by Crippen LogP contribution is 2.33. The highest BCUT2D eigenvalue weighted by molar-refractivity contribution is 7.18. The predicted octanol–water partition coefficient (Wildman–Crippen LogP) is 3.11.